The molecule has 92 valence electrons. The van der Waals surface area contributed by atoms with Gasteiger partial charge in [-0.05, 0) is 29.8 Å². The van der Waals surface area contributed by atoms with Crippen LogP contribution < -0.4 is 4.74 Å². The van der Waals surface area contributed by atoms with Gasteiger partial charge in [0.1, 0.15) is 5.75 Å². The fourth-order valence-corrected chi connectivity index (χ4v) is 3.53. The van der Waals surface area contributed by atoms with Crippen LogP contribution in [0.1, 0.15) is 11.5 Å². The van der Waals surface area contributed by atoms with E-state index in [4.69, 9.17) is 16.3 Å². The molecule has 0 amide bonds. The first-order chi connectivity index (χ1) is 8.83. The van der Waals surface area contributed by atoms with Gasteiger partial charge in [-0.15, -0.1) is 11.8 Å². The molecule has 0 N–H and O–H groups in total. The lowest BCUT2D eigenvalue weighted by atomic mass is 10.0. The molecule has 0 aliphatic carbocycles. The van der Waals surface area contributed by atoms with E-state index in [-0.39, 0.29) is 0 Å². The van der Waals surface area contributed by atoms with Crippen molar-refractivity contribution in [3.63, 3.8) is 0 Å². The van der Waals surface area contributed by atoms with Crippen molar-refractivity contribution < 1.29 is 4.74 Å². The topological polar surface area (TPSA) is 9.23 Å². The number of thioether (sulfide) groups is 1. The number of rotatable bonds is 3. The van der Waals surface area contributed by atoms with E-state index >= 15 is 0 Å². The molecule has 3 rings (SSSR count). The van der Waals surface area contributed by atoms with Crippen LogP contribution in [-0.4, -0.2) is 12.4 Å². The van der Waals surface area contributed by atoms with Crippen LogP contribution in [0, 0.1) is 0 Å². The third kappa shape index (κ3) is 2.50. The van der Waals surface area contributed by atoms with E-state index in [2.05, 4.69) is 24.3 Å². The lowest BCUT2D eigenvalue weighted by molar-refractivity contribution is 0.298. The quantitative estimate of drug-likeness (QED) is 0.810. The predicted octanol–water partition coefficient (Wildman–Crippen LogP) is 4.61. The normalized spacial score (nSPS) is 17.5. The molecule has 1 heterocycles. The van der Waals surface area contributed by atoms with E-state index in [0.717, 1.165) is 11.5 Å². The highest BCUT2D eigenvalue weighted by Crippen LogP contribution is 2.39. The van der Waals surface area contributed by atoms with Crippen LogP contribution in [0.2, 0.25) is 5.02 Å². The second kappa shape index (κ2) is 5.25. The van der Waals surface area contributed by atoms with Crippen LogP contribution in [0.4, 0.5) is 0 Å². The summed E-state index contributed by atoms with van der Waals surface area (Å²) in [5.41, 5.74) is 1.41. The van der Waals surface area contributed by atoms with Gasteiger partial charge < -0.3 is 4.74 Å². The minimum Gasteiger partial charge on any atom is -0.493 e. The van der Waals surface area contributed by atoms with E-state index in [1.54, 1.807) is 0 Å². The average molecular weight is 277 g/mol. The lowest BCUT2D eigenvalue weighted by Crippen LogP contribution is -2.09. The van der Waals surface area contributed by atoms with Gasteiger partial charge in [0.2, 0.25) is 0 Å². The molecule has 0 aromatic heterocycles. The molecular weight excluding hydrogens is 264 g/mol. The molecule has 1 atom stereocenters. The summed E-state index contributed by atoms with van der Waals surface area (Å²) in [6.45, 7) is 0.713. The molecule has 2 aromatic rings. The van der Waals surface area contributed by atoms with Crippen molar-refractivity contribution >= 4 is 23.4 Å². The van der Waals surface area contributed by atoms with Crippen LogP contribution in [-0.2, 0) is 0 Å². The van der Waals surface area contributed by atoms with Crippen molar-refractivity contribution in [3.05, 3.63) is 59.1 Å². The number of fused-ring (bicyclic) bond motifs is 1. The van der Waals surface area contributed by atoms with E-state index in [0.29, 0.717) is 17.5 Å². The molecule has 0 saturated heterocycles. The monoisotopic (exact) mass is 276 g/mol. The summed E-state index contributed by atoms with van der Waals surface area (Å²) in [7, 11) is 0. The van der Waals surface area contributed by atoms with E-state index in [1.165, 1.54) is 10.5 Å². The molecule has 2 aromatic carbocycles. The second-order valence-corrected chi connectivity index (χ2v) is 5.81. The Hall–Kier alpha value is -1.12. The summed E-state index contributed by atoms with van der Waals surface area (Å²) in [6.07, 6.45) is 0. The molecule has 0 radical (unpaired) electrons. The number of halogens is 1. The Kier molecular flexibility index (Phi) is 3.48. The van der Waals surface area contributed by atoms with Gasteiger partial charge in [0.15, 0.2) is 0 Å². The molecule has 1 aliphatic rings. The standard InChI is InChI=1S/C15H13ClOS/c16-12-4-3-5-13(8-12)17-9-11-10-18-15-7-2-1-6-14(11)15/h1-8,11H,9-10H2. The maximum atomic E-state index is 5.94. The second-order valence-electron chi connectivity index (χ2n) is 4.31. The van der Waals surface area contributed by atoms with Gasteiger partial charge in [-0.3, -0.25) is 0 Å². The molecular formula is C15H13ClOS. The maximum absolute atomic E-state index is 5.94. The zero-order valence-corrected chi connectivity index (χ0v) is 11.4. The highest BCUT2D eigenvalue weighted by molar-refractivity contribution is 7.99. The van der Waals surface area contributed by atoms with Gasteiger partial charge in [-0.25, -0.2) is 0 Å². The van der Waals surface area contributed by atoms with Crippen molar-refractivity contribution in [1.82, 2.24) is 0 Å². The highest BCUT2D eigenvalue weighted by Gasteiger charge is 2.23. The largest absolute Gasteiger partial charge is 0.493 e. The SMILES string of the molecule is Clc1cccc(OCC2CSc3ccccc32)c1. The molecule has 1 nitrogen and oxygen atoms in total. The average Bonchev–Trinajstić information content (AvgIpc) is 2.80. The zero-order chi connectivity index (χ0) is 12.4. The van der Waals surface area contributed by atoms with Gasteiger partial charge >= 0.3 is 0 Å². The van der Waals surface area contributed by atoms with Crippen molar-refractivity contribution in [2.24, 2.45) is 0 Å². The Morgan fingerprint density at radius 3 is 2.94 bits per heavy atom. The molecule has 1 unspecified atom stereocenters. The summed E-state index contributed by atoms with van der Waals surface area (Å²) < 4.78 is 5.83. The van der Waals surface area contributed by atoms with Crippen LogP contribution in [0.25, 0.3) is 0 Å². The lowest BCUT2D eigenvalue weighted by Gasteiger charge is -2.12. The van der Waals surface area contributed by atoms with Gasteiger partial charge in [0.25, 0.3) is 0 Å². The van der Waals surface area contributed by atoms with E-state index in [9.17, 15) is 0 Å². The first kappa shape index (κ1) is 11.9. The van der Waals surface area contributed by atoms with E-state index < -0.39 is 0 Å². The molecule has 0 fully saturated rings. The summed E-state index contributed by atoms with van der Waals surface area (Å²) in [5.74, 6) is 2.42. The number of ether oxygens (including phenoxy) is 1. The Balaban J connectivity index is 1.69. The Bertz CT molecular complexity index is 556. The minimum absolute atomic E-state index is 0.477. The first-order valence-corrected chi connectivity index (χ1v) is 7.29. The fourth-order valence-electron chi connectivity index (χ4n) is 2.12. The number of hydrogen-bond donors (Lipinski definition) is 0. The third-order valence-corrected chi connectivity index (χ3v) is 4.53. The van der Waals surface area contributed by atoms with Gasteiger partial charge in [-0.1, -0.05) is 35.9 Å². The number of hydrogen-bond acceptors (Lipinski definition) is 2. The third-order valence-electron chi connectivity index (χ3n) is 3.05. The van der Waals surface area contributed by atoms with Crippen LogP contribution in [0.15, 0.2) is 53.4 Å². The summed E-state index contributed by atoms with van der Waals surface area (Å²) >= 11 is 7.85. The molecule has 0 bridgehead atoms. The van der Waals surface area contributed by atoms with Gasteiger partial charge in [0, 0.05) is 21.6 Å². The predicted molar refractivity (Wildman–Crippen MR) is 76.9 cm³/mol. The molecule has 1 aliphatic heterocycles. The van der Waals surface area contributed by atoms with Gasteiger partial charge in [0.05, 0.1) is 6.61 Å². The van der Waals surface area contributed by atoms with Crippen molar-refractivity contribution in [3.8, 4) is 5.75 Å². The summed E-state index contributed by atoms with van der Waals surface area (Å²) in [6, 6.07) is 16.1. The van der Waals surface area contributed by atoms with Crippen LogP contribution in [0.3, 0.4) is 0 Å². The molecule has 18 heavy (non-hydrogen) atoms. The highest BCUT2D eigenvalue weighted by atomic mass is 35.5. The summed E-state index contributed by atoms with van der Waals surface area (Å²) in [5, 5.41) is 0.716. The van der Waals surface area contributed by atoms with Crippen LogP contribution in [0.5, 0.6) is 5.75 Å². The number of benzene rings is 2. The summed E-state index contributed by atoms with van der Waals surface area (Å²) in [4.78, 5) is 1.39. The fraction of sp³-hybridized carbons (Fsp3) is 0.200. The van der Waals surface area contributed by atoms with Crippen LogP contribution >= 0.6 is 23.4 Å². The Morgan fingerprint density at radius 2 is 2.06 bits per heavy atom. The smallest absolute Gasteiger partial charge is 0.120 e. The Labute approximate surface area is 116 Å². The minimum atomic E-state index is 0.477. The maximum Gasteiger partial charge on any atom is 0.120 e. The van der Waals surface area contributed by atoms with Gasteiger partial charge in [-0.2, -0.15) is 0 Å². The molecule has 0 saturated carbocycles. The first-order valence-electron chi connectivity index (χ1n) is 5.93. The zero-order valence-electron chi connectivity index (χ0n) is 9.80. The van der Waals surface area contributed by atoms with E-state index in [1.807, 2.05) is 36.0 Å². The Morgan fingerprint density at radius 1 is 1.17 bits per heavy atom. The van der Waals surface area contributed by atoms with Crippen molar-refractivity contribution in [2.75, 3.05) is 12.4 Å². The van der Waals surface area contributed by atoms with Crippen molar-refractivity contribution in [1.29, 1.82) is 0 Å². The van der Waals surface area contributed by atoms with Crippen molar-refractivity contribution in [2.45, 2.75) is 10.8 Å². The molecule has 0 spiro atoms. The molecule has 3 heteroatoms.